The molecule has 0 spiro atoms. The molecule has 160 valence electrons. The third kappa shape index (κ3) is 4.86. The SMILES string of the molecule is O=C(CSc1nc(=O)n(Cc2cccs2)c2c1CCCC2)Nc1ccccc1[N+](=O)[O-]. The van der Waals surface area contributed by atoms with Gasteiger partial charge in [0.2, 0.25) is 5.91 Å². The fraction of sp³-hybridized carbons (Fsp3) is 0.286. The van der Waals surface area contributed by atoms with Crippen molar-refractivity contribution in [1.82, 2.24) is 9.55 Å². The molecule has 0 fully saturated rings. The summed E-state index contributed by atoms with van der Waals surface area (Å²) >= 11 is 2.81. The van der Waals surface area contributed by atoms with Gasteiger partial charge < -0.3 is 5.32 Å². The summed E-state index contributed by atoms with van der Waals surface area (Å²) < 4.78 is 1.75. The van der Waals surface area contributed by atoms with Crippen LogP contribution in [-0.2, 0) is 24.2 Å². The van der Waals surface area contributed by atoms with E-state index in [9.17, 15) is 19.7 Å². The summed E-state index contributed by atoms with van der Waals surface area (Å²) in [6.07, 6.45) is 3.67. The number of nitro groups is 1. The Morgan fingerprint density at radius 1 is 1.23 bits per heavy atom. The van der Waals surface area contributed by atoms with Crippen LogP contribution in [0, 0.1) is 10.1 Å². The van der Waals surface area contributed by atoms with Crippen molar-refractivity contribution in [3.8, 4) is 0 Å². The van der Waals surface area contributed by atoms with Crippen LogP contribution in [0.2, 0.25) is 0 Å². The van der Waals surface area contributed by atoms with E-state index in [1.807, 2.05) is 17.5 Å². The van der Waals surface area contributed by atoms with E-state index in [1.165, 1.54) is 23.9 Å². The highest BCUT2D eigenvalue weighted by molar-refractivity contribution is 8.00. The zero-order valence-corrected chi connectivity index (χ0v) is 18.2. The van der Waals surface area contributed by atoms with Crippen molar-refractivity contribution >= 4 is 40.4 Å². The Bertz CT molecular complexity index is 1170. The van der Waals surface area contributed by atoms with Crippen molar-refractivity contribution in [2.24, 2.45) is 0 Å². The summed E-state index contributed by atoms with van der Waals surface area (Å²) in [5, 5.41) is 16.3. The third-order valence-electron chi connectivity index (χ3n) is 5.06. The molecule has 2 heterocycles. The second-order valence-electron chi connectivity index (χ2n) is 7.11. The maximum Gasteiger partial charge on any atom is 0.349 e. The van der Waals surface area contributed by atoms with Crippen molar-refractivity contribution in [3.63, 3.8) is 0 Å². The third-order valence-corrected chi connectivity index (χ3v) is 6.94. The van der Waals surface area contributed by atoms with E-state index < -0.39 is 4.92 Å². The summed E-state index contributed by atoms with van der Waals surface area (Å²) in [5.41, 5.74) is 1.72. The second-order valence-corrected chi connectivity index (χ2v) is 9.10. The molecule has 1 aromatic carbocycles. The van der Waals surface area contributed by atoms with E-state index in [0.717, 1.165) is 41.8 Å². The van der Waals surface area contributed by atoms with Gasteiger partial charge >= 0.3 is 5.69 Å². The standard InChI is InChI=1S/C21H20N4O4S2/c26-19(22-16-8-2-4-10-18(16)25(28)29)13-31-20-15-7-1-3-9-17(15)24(21(27)23-20)12-14-6-5-11-30-14/h2,4-6,8,10-11H,1,3,7,9,12-13H2,(H,22,26). The minimum atomic E-state index is -0.534. The number of thioether (sulfide) groups is 1. The molecule has 0 aliphatic heterocycles. The predicted octanol–water partition coefficient (Wildman–Crippen LogP) is 3.87. The van der Waals surface area contributed by atoms with E-state index in [1.54, 1.807) is 28.0 Å². The number of anilines is 1. The van der Waals surface area contributed by atoms with Crippen LogP contribution in [-0.4, -0.2) is 26.1 Å². The Balaban J connectivity index is 1.53. The van der Waals surface area contributed by atoms with Gasteiger partial charge in [-0.2, -0.15) is 4.98 Å². The van der Waals surface area contributed by atoms with Crippen molar-refractivity contribution in [1.29, 1.82) is 0 Å². The number of hydrogen-bond acceptors (Lipinski definition) is 7. The van der Waals surface area contributed by atoms with Crippen LogP contribution in [0.4, 0.5) is 11.4 Å². The summed E-state index contributed by atoms with van der Waals surface area (Å²) in [4.78, 5) is 41.2. The Morgan fingerprint density at radius 3 is 2.81 bits per heavy atom. The highest BCUT2D eigenvalue weighted by Crippen LogP contribution is 2.29. The van der Waals surface area contributed by atoms with Gasteiger partial charge in [0.1, 0.15) is 10.7 Å². The minimum Gasteiger partial charge on any atom is -0.320 e. The first-order valence-corrected chi connectivity index (χ1v) is 11.7. The number of amides is 1. The van der Waals surface area contributed by atoms with Crippen molar-refractivity contribution < 1.29 is 9.72 Å². The van der Waals surface area contributed by atoms with Crippen LogP contribution in [0.1, 0.15) is 29.0 Å². The summed E-state index contributed by atoms with van der Waals surface area (Å²) in [7, 11) is 0. The molecule has 0 saturated heterocycles. The fourth-order valence-electron chi connectivity index (χ4n) is 3.65. The average molecular weight is 457 g/mol. The quantitative estimate of drug-likeness (QED) is 0.250. The molecule has 0 atom stereocenters. The number of thiophene rings is 1. The first-order valence-electron chi connectivity index (χ1n) is 9.84. The van der Waals surface area contributed by atoms with Crippen molar-refractivity contribution in [2.45, 2.75) is 37.3 Å². The zero-order valence-electron chi connectivity index (χ0n) is 16.6. The number of carbonyl (C=O) groups excluding carboxylic acids is 1. The van der Waals surface area contributed by atoms with Gasteiger partial charge in [-0.15, -0.1) is 11.3 Å². The molecule has 4 rings (SSSR count). The number of nitrogens with zero attached hydrogens (tertiary/aromatic N) is 3. The van der Waals surface area contributed by atoms with E-state index >= 15 is 0 Å². The van der Waals surface area contributed by atoms with Crippen molar-refractivity contribution in [3.05, 3.63) is 78.5 Å². The van der Waals surface area contributed by atoms with Gasteiger partial charge in [-0.05, 0) is 43.2 Å². The van der Waals surface area contributed by atoms with Gasteiger partial charge in [0.25, 0.3) is 5.69 Å². The lowest BCUT2D eigenvalue weighted by atomic mass is 9.97. The maximum atomic E-state index is 12.8. The van der Waals surface area contributed by atoms with Crippen LogP contribution < -0.4 is 11.0 Å². The first kappa shape index (κ1) is 21.3. The number of nitro benzene ring substituents is 1. The minimum absolute atomic E-state index is 0.0138. The number of nitrogens with one attached hydrogen (secondary N) is 1. The van der Waals surface area contributed by atoms with E-state index in [2.05, 4.69) is 10.3 Å². The molecular formula is C21H20N4O4S2. The number of hydrogen-bond donors (Lipinski definition) is 1. The molecule has 31 heavy (non-hydrogen) atoms. The summed E-state index contributed by atoms with van der Waals surface area (Å²) in [6.45, 7) is 0.509. The van der Waals surface area contributed by atoms with Crippen LogP contribution in [0.3, 0.4) is 0 Å². The molecule has 0 radical (unpaired) electrons. The topological polar surface area (TPSA) is 107 Å². The molecular weight excluding hydrogens is 436 g/mol. The number of rotatable bonds is 7. The van der Waals surface area contributed by atoms with Gasteiger partial charge in [-0.25, -0.2) is 4.79 Å². The lowest BCUT2D eigenvalue weighted by Crippen LogP contribution is -2.30. The van der Waals surface area contributed by atoms with Crippen LogP contribution in [0.5, 0.6) is 0 Å². The lowest BCUT2D eigenvalue weighted by molar-refractivity contribution is -0.383. The molecule has 3 aromatic rings. The maximum absolute atomic E-state index is 12.8. The number of para-hydroxylation sites is 2. The van der Waals surface area contributed by atoms with Crippen molar-refractivity contribution in [2.75, 3.05) is 11.1 Å². The first-order chi connectivity index (χ1) is 15.0. The molecule has 1 N–H and O–H groups in total. The highest BCUT2D eigenvalue weighted by atomic mass is 32.2. The molecule has 8 nitrogen and oxygen atoms in total. The number of aromatic nitrogens is 2. The monoisotopic (exact) mass is 456 g/mol. The predicted molar refractivity (Wildman–Crippen MR) is 121 cm³/mol. The number of fused-ring (bicyclic) bond motifs is 1. The fourth-order valence-corrected chi connectivity index (χ4v) is 5.22. The van der Waals surface area contributed by atoms with Crippen LogP contribution in [0.25, 0.3) is 0 Å². The van der Waals surface area contributed by atoms with Gasteiger partial charge in [0.15, 0.2) is 0 Å². The smallest absolute Gasteiger partial charge is 0.320 e. The van der Waals surface area contributed by atoms with Gasteiger partial charge in [-0.3, -0.25) is 19.5 Å². The molecule has 1 amide bonds. The van der Waals surface area contributed by atoms with Gasteiger partial charge in [0, 0.05) is 22.2 Å². The zero-order chi connectivity index (χ0) is 21.8. The Kier molecular flexibility index (Phi) is 6.47. The Labute approximate surface area is 186 Å². The number of benzene rings is 1. The highest BCUT2D eigenvalue weighted by Gasteiger charge is 2.22. The van der Waals surface area contributed by atoms with E-state index in [4.69, 9.17) is 0 Å². The normalized spacial score (nSPS) is 12.9. The van der Waals surface area contributed by atoms with Gasteiger partial charge in [-0.1, -0.05) is 30.0 Å². The largest absolute Gasteiger partial charge is 0.349 e. The van der Waals surface area contributed by atoms with Crippen LogP contribution >= 0.6 is 23.1 Å². The molecule has 0 unspecified atom stereocenters. The summed E-state index contributed by atoms with van der Waals surface area (Å²) in [6, 6.07) is 9.97. The molecule has 0 saturated carbocycles. The Hall–Kier alpha value is -2.98. The summed E-state index contributed by atoms with van der Waals surface area (Å²) in [5.74, 6) is -0.367. The number of carbonyl (C=O) groups is 1. The molecule has 1 aliphatic rings. The van der Waals surface area contributed by atoms with Gasteiger partial charge in [0.05, 0.1) is 17.2 Å². The Morgan fingerprint density at radius 2 is 2.03 bits per heavy atom. The molecule has 10 heteroatoms. The molecule has 2 aromatic heterocycles. The lowest BCUT2D eigenvalue weighted by Gasteiger charge is -2.22. The molecule has 1 aliphatic carbocycles. The van der Waals surface area contributed by atoms with Crippen LogP contribution in [0.15, 0.2) is 51.6 Å². The second kappa shape index (κ2) is 9.44. The van der Waals surface area contributed by atoms with E-state index in [-0.39, 0.29) is 28.7 Å². The van der Waals surface area contributed by atoms with E-state index in [0.29, 0.717) is 11.6 Å². The average Bonchev–Trinajstić information content (AvgIpc) is 3.28. The molecule has 0 bridgehead atoms.